The lowest BCUT2D eigenvalue weighted by molar-refractivity contribution is -0.319. The summed E-state index contributed by atoms with van der Waals surface area (Å²) in [6, 6.07) is 1.92. The van der Waals surface area contributed by atoms with Gasteiger partial charge in [-0.15, -0.1) is 11.3 Å². The second-order valence-corrected chi connectivity index (χ2v) is 6.63. The van der Waals surface area contributed by atoms with Gasteiger partial charge < -0.3 is 19.8 Å². The number of nitrogens with zero attached hydrogens (tertiary/aromatic N) is 1. The molecule has 1 aromatic heterocycles. The molecule has 0 bridgehead atoms. The number of carbonyl (C=O) groups excluding carboxylic acids is 3. The van der Waals surface area contributed by atoms with E-state index in [1.54, 1.807) is 18.2 Å². The molecule has 1 aliphatic rings. The Morgan fingerprint density at radius 2 is 2.14 bits per heavy atom. The van der Waals surface area contributed by atoms with Crippen molar-refractivity contribution in [3.8, 4) is 0 Å². The van der Waals surface area contributed by atoms with E-state index in [9.17, 15) is 24.6 Å². The fraction of sp³-hybridized carbons (Fsp3) is 0.167. The number of amides is 1. The molecule has 0 aliphatic carbocycles. The lowest BCUT2D eigenvalue weighted by Crippen LogP contribution is -2.52. The number of carboxylic acids is 2. The van der Waals surface area contributed by atoms with Crippen LogP contribution in [0.15, 0.2) is 22.4 Å². The minimum Gasteiger partial charge on any atom is -0.550 e. The molecular formula is C12H7NO5S3-2. The zero-order valence-corrected chi connectivity index (χ0v) is 12.8. The molecule has 2 rings (SSSR count). The van der Waals surface area contributed by atoms with Crippen LogP contribution >= 0.6 is 35.3 Å². The summed E-state index contributed by atoms with van der Waals surface area (Å²) in [6.45, 7) is 0. The normalized spacial score (nSPS) is 18.3. The molecule has 0 N–H and O–H groups in total. The summed E-state index contributed by atoms with van der Waals surface area (Å²) in [5.41, 5.74) is 0. The van der Waals surface area contributed by atoms with E-state index in [2.05, 4.69) is 0 Å². The van der Waals surface area contributed by atoms with Gasteiger partial charge in [0.05, 0.1) is 16.9 Å². The van der Waals surface area contributed by atoms with Crippen LogP contribution in [0.5, 0.6) is 0 Å². The maximum atomic E-state index is 12.2. The number of thiophene rings is 1. The summed E-state index contributed by atoms with van der Waals surface area (Å²) >= 11 is 7.29. The highest BCUT2D eigenvalue weighted by Gasteiger charge is 2.37. The van der Waals surface area contributed by atoms with E-state index in [1.807, 2.05) is 5.38 Å². The highest BCUT2D eigenvalue weighted by atomic mass is 32.2. The Labute approximate surface area is 133 Å². The van der Waals surface area contributed by atoms with Crippen molar-refractivity contribution in [3.05, 3.63) is 27.3 Å². The van der Waals surface area contributed by atoms with Crippen LogP contribution in [0.1, 0.15) is 11.3 Å². The van der Waals surface area contributed by atoms with Gasteiger partial charge in [-0.25, -0.2) is 0 Å². The van der Waals surface area contributed by atoms with Gasteiger partial charge in [-0.3, -0.25) is 9.69 Å². The van der Waals surface area contributed by atoms with Crippen molar-refractivity contribution in [2.45, 2.75) is 12.5 Å². The molecule has 6 nitrogen and oxygen atoms in total. The molecule has 0 radical (unpaired) electrons. The molecule has 1 atom stereocenters. The third kappa shape index (κ3) is 3.49. The van der Waals surface area contributed by atoms with Crippen LogP contribution in [0.25, 0.3) is 6.08 Å². The predicted molar refractivity (Wildman–Crippen MR) is 77.8 cm³/mol. The zero-order chi connectivity index (χ0) is 15.6. The molecule has 1 saturated heterocycles. The van der Waals surface area contributed by atoms with Gasteiger partial charge in [-0.05, 0) is 17.5 Å². The second kappa shape index (κ2) is 6.37. The minimum absolute atomic E-state index is 0.0155. The van der Waals surface area contributed by atoms with Crippen LogP contribution in [0.3, 0.4) is 0 Å². The Morgan fingerprint density at radius 3 is 2.67 bits per heavy atom. The SMILES string of the molecule is O=C([O-])C[C@H](C(=O)[O-])N1C(=O)/C(=C/c2cccs2)SC1=S. The van der Waals surface area contributed by atoms with Gasteiger partial charge in [0.2, 0.25) is 0 Å². The van der Waals surface area contributed by atoms with Crippen molar-refractivity contribution in [1.82, 2.24) is 4.90 Å². The molecule has 110 valence electrons. The van der Waals surface area contributed by atoms with E-state index < -0.39 is 30.3 Å². The topological polar surface area (TPSA) is 101 Å². The number of thiocarbonyl (C=S) groups is 1. The third-order valence-corrected chi connectivity index (χ3v) is 4.73. The molecule has 1 fully saturated rings. The molecule has 2 heterocycles. The third-order valence-electron chi connectivity index (χ3n) is 2.58. The fourth-order valence-corrected chi connectivity index (χ4v) is 3.77. The fourth-order valence-electron chi connectivity index (χ4n) is 1.69. The first-order valence-electron chi connectivity index (χ1n) is 5.61. The standard InChI is InChI=1S/C12H9NO5S3/c14-9(15)5-7(11(17)18)13-10(16)8(21-12(13)19)4-6-2-1-3-20-6/h1-4,7H,5H2,(H,14,15)(H,17,18)/p-2/b8-4-/t7-/m1/s1. The van der Waals surface area contributed by atoms with Crippen molar-refractivity contribution in [3.63, 3.8) is 0 Å². The highest BCUT2D eigenvalue weighted by Crippen LogP contribution is 2.35. The van der Waals surface area contributed by atoms with E-state index in [0.29, 0.717) is 0 Å². The van der Waals surface area contributed by atoms with E-state index in [-0.39, 0.29) is 9.23 Å². The first-order chi connectivity index (χ1) is 9.90. The van der Waals surface area contributed by atoms with Crippen molar-refractivity contribution in [2.24, 2.45) is 0 Å². The van der Waals surface area contributed by atoms with Gasteiger partial charge in [-0.2, -0.15) is 0 Å². The van der Waals surface area contributed by atoms with Crippen molar-refractivity contribution < 1.29 is 24.6 Å². The molecule has 0 unspecified atom stereocenters. The Hall–Kier alpha value is -1.71. The Balaban J connectivity index is 2.29. The number of hydrogen-bond acceptors (Lipinski definition) is 8. The van der Waals surface area contributed by atoms with Crippen LogP contribution in [0, 0.1) is 0 Å². The molecule has 1 aliphatic heterocycles. The lowest BCUT2D eigenvalue weighted by Gasteiger charge is -2.27. The maximum absolute atomic E-state index is 12.2. The number of aliphatic carboxylic acids is 2. The summed E-state index contributed by atoms with van der Waals surface area (Å²) in [5, 5.41) is 23.5. The number of hydrogen-bond donors (Lipinski definition) is 0. The summed E-state index contributed by atoms with van der Waals surface area (Å²) in [5.74, 6) is -3.93. The molecule has 21 heavy (non-hydrogen) atoms. The number of rotatable bonds is 5. The van der Waals surface area contributed by atoms with Gasteiger partial charge in [0.15, 0.2) is 0 Å². The van der Waals surface area contributed by atoms with Crippen molar-refractivity contribution in [2.75, 3.05) is 0 Å². The van der Waals surface area contributed by atoms with E-state index in [4.69, 9.17) is 12.2 Å². The smallest absolute Gasteiger partial charge is 0.266 e. The largest absolute Gasteiger partial charge is 0.550 e. The van der Waals surface area contributed by atoms with Crippen LogP contribution in [0.2, 0.25) is 0 Å². The molecular weight excluding hydrogens is 334 g/mol. The van der Waals surface area contributed by atoms with Crippen molar-refractivity contribution in [1.29, 1.82) is 0 Å². The van der Waals surface area contributed by atoms with Gasteiger partial charge >= 0.3 is 0 Å². The van der Waals surface area contributed by atoms with E-state index in [1.165, 1.54) is 11.3 Å². The summed E-state index contributed by atoms with van der Waals surface area (Å²) in [7, 11) is 0. The Bertz CT molecular complexity index is 637. The van der Waals surface area contributed by atoms with Crippen LogP contribution < -0.4 is 10.2 Å². The van der Waals surface area contributed by atoms with Gasteiger partial charge in [0.25, 0.3) is 5.91 Å². The van der Waals surface area contributed by atoms with E-state index in [0.717, 1.165) is 21.5 Å². The number of thioether (sulfide) groups is 1. The predicted octanol–water partition coefficient (Wildman–Crippen LogP) is -0.792. The first-order valence-corrected chi connectivity index (χ1v) is 7.72. The Kier molecular flexibility index (Phi) is 4.76. The monoisotopic (exact) mass is 341 g/mol. The van der Waals surface area contributed by atoms with Crippen LogP contribution in [-0.4, -0.2) is 33.1 Å². The summed E-state index contributed by atoms with van der Waals surface area (Å²) in [6.07, 6.45) is 0.705. The molecule has 1 aromatic rings. The quantitative estimate of drug-likeness (QED) is 0.511. The van der Waals surface area contributed by atoms with Crippen LogP contribution in [-0.2, 0) is 14.4 Å². The minimum atomic E-state index is -1.69. The zero-order valence-electron chi connectivity index (χ0n) is 10.3. The van der Waals surface area contributed by atoms with Gasteiger partial charge in [-0.1, -0.05) is 30.0 Å². The van der Waals surface area contributed by atoms with Gasteiger partial charge in [0.1, 0.15) is 4.32 Å². The molecule has 0 spiro atoms. The highest BCUT2D eigenvalue weighted by molar-refractivity contribution is 8.26. The molecule has 9 heteroatoms. The van der Waals surface area contributed by atoms with E-state index >= 15 is 0 Å². The van der Waals surface area contributed by atoms with Crippen LogP contribution in [0.4, 0.5) is 0 Å². The Morgan fingerprint density at radius 1 is 1.43 bits per heavy atom. The summed E-state index contributed by atoms with van der Waals surface area (Å²) < 4.78 is -0.0155. The molecule has 1 amide bonds. The molecule has 0 aromatic carbocycles. The summed E-state index contributed by atoms with van der Waals surface area (Å²) in [4.78, 5) is 35.7. The molecule has 0 saturated carbocycles. The average molecular weight is 341 g/mol. The number of carboxylic acid groups (broad SMARTS) is 2. The maximum Gasteiger partial charge on any atom is 0.266 e. The second-order valence-electron chi connectivity index (χ2n) is 3.98. The average Bonchev–Trinajstić information content (AvgIpc) is 2.97. The van der Waals surface area contributed by atoms with Gasteiger partial charge in [0, 0.05) is 17.3 Å². The first kappa shape index (κ1) is 15.7. The van der Waals surface area contributed by atoms with Crippen molar-refractivity contribution >= 4 is 63.6 Å². The lowest BCUT2D eigenvalue weighted by atomic mass is 10.2. The number of carbonyl (C=O) groups is 3.